The van der Waals surface area contributed by atoms with Crippen LogP contribution in [0, 0.1) is 11.8 Å². The zero-order valence-electron chi connectivity index (χ0n) is 36.0. The summed E-state index contributed by atoms with van der Waals surface area (Å²) < 4.78 is 8.20. The Morgan fingerprint density at radius 3 is 1.40 bits per heavy atom. The molecule has 4 aliphatic rings. The molecule has 0 aromatic heterocycles. The third-order valence-electron chi connectivity index (χ3n) is 15.7. The van der Waals surface area contributed by atoms with E-state index in [-0.39, 0.29) is 15.8 Å². The van der Waals surface area contributed by atoms with E-state index >= 15 is 0 Å². The van der Waals surface area contributed by atoms with Crippen molar-refractivity contribution in [2.24, 2.45) is 11.8 Å². The van der Waals surface area contributed by atoms with E-state index in [0.29, 0.717) is 38.9 Å². The Labute approximate surface area is 352 Å². The summed E-state index contributed by atoms with van der Waals surface area (Å²) in [6, 6.07) is 46.4. The highest BCUT2D eigenvalue weighted by atomic mass is 31.2. The highest BCUT2D eigenvalue weighted by Crippen LogP contribution is 2.85. The summed E-state index contributed by atoms with van der Waals surface area (Å²) in [5, 5.41) is 0.767. The first kappa shape index (κ1) is 42.3. The number of rotatable bonds is 13. The second kappa shape index (κ2) is 18.3. The van der Waals surface area contributed by atoms with Crippen LogP contribution in [0.4, 0.5) is 0 Å². The average molecular weight is 835 g/mol. The van der Waals surface area contributed by atoms with Gasteiger partial charge in [0.2, 0.25) is 0 Å². The monoisotopic (exact) mass is 834 g/mol. The fourth-order valence-corrected chi connectivity index (χ4v) is 29.3. The topological polar surface area (TPSA) is 9.23 Å². The molecule has 0 N–H and O–H groups in total. The van der Waals surface area contributed by atoms with Crippen molar-refractivity contribution >= 4 is 32.1 Å². The van der Waals surface area contributed by atoms with Gasteiger partial charge in [0.05, 0.1) is 0 Å². The van der Waals surface area contributed by atoms with Crippen molar-refractivity contribution in [2.75, 3.05) is 6.16 Å². The van der Waals surface area contributed by atoms with E-state index in [4.69, 9.17) is 4.31 Å². The van der Waals surface area contributed by atoms with Gasteiger partial charge in [-0.05, 0) is 125 Å². The molecule has 57 heavy (non-hydrogen) atoms. The lowest BCUT2D eigenvalue weighted by molar-refractivity contribution is 0.307. The van der Waals surface area contributed by atoms with E-state index in [1.54, 1.807) is 5.56 Å². The SMILES string of the molecule is CC[C@@H]1CC[C@@H](CC)P1C(C)(C)C(C)(C)P1CCC(C2C[C@@H](c3ccccc3)P(OP3[C@H](c4ccccc4)CC[C@H]3c3ccccc3)[C@@H]2c2ccccc2)[C@H]1CC. The normalized spacial score (nSPS) is 32.6. The molecule has 8 rings (SSSR count). The van der Waals surface area contributed by atoms with Gasteiger partial charge in [-0.25, -0.2) is 0 Å². The van der Waals surface area contributed by atoms with Crippen LogP contribution in [0.15, 0.2) is 121 Å². The zero-order chi connectivity index (χ0) is 39.7. The lowest BCUT2D eigenvalue weighted by Gasteiger charge is -2.55. The molecule has 1 nitrogen and oxygen atoms in total. The van der Waals surface area contributed by atoms with Crippen molar-refractivity contribution in [1.82, 2.24) is 0 Å². The minimum absolute atomic E-state index is 0.0116. The molecule has 11 atom stereocenters. The molecule has 0 aliphatic carbocycles. The largest absolute Gasteiger partial charge is 0.335 e. The summed E-state index contributed by atoms with van der Waals surface area (Å²) in [4.78, 5) is 0. The minimum atomic E-state index is -0.799. The summed E-state index contributed by atoms with van der Waals surface area (Å²) in [6.07, 6.45) is 13.6. The van der Waals surface area contributed by atoms with Crippen molar-refractivity contribution in [2.45, 2.75) is 156 Å². The van der Waals surface area contributed by atoms with Gasteiger partial charge in [0, 0.05) is 38.9 Å². The van der Waals surface area contributed by atoms with Crippen LogP contribution in [-0.4, -0.2) is 33.5 Å². The fourth-order valence-electron chi connectivity index (χ4n) is 12.3. The molecule has 4 fully saturated rings. The minimum Gasteiger partial charge on any atom is -0.335 e. The lowest BCUT2D eigenvalue weighted by Crippen LogP contribution is -2.46. The molecule has 4 aromatic carbocycles. The van der Waals surface area contributed by atoms with Crippen LogP contribution in [0.5, 0.6) is 0 Å². The van der Waals surface area contributed by atoms with Gasteiger partial charge in [0.15, 0.2) is 0 Å². The molecule has 0 bridgehead atoms. The third-order valence-corrected chi connectivity index (χ3v) is 31.0. The Bertz CT molecular complexity index is 1790. The zero-order valence-corrected chi connectivity index (χ0v) is 39.6. The molecule has 0 spiro atoms. The molecular weight excluding hydrogens is 764 g/mol. The number of hydrogen-bond donors (Lipinski definition) is 0. The number of hydrogen-bond acceptors (Lipinski definition) is 1. The lowest BCUT2D eigenvalue weighted by atomic mass is 9.79. The molecule has 304 valence electrons. The molecule has 4 heterocycles. The van der Waals surface area contributed by atoms with Gasteiger partial charge in [-0.1, -0.05) is 186 Å². The van der Waals surface area contributed by atoms with Gasteiger partial charge in [0.1, 0.15) is 0 Å². The summed E-state index contributed by atoms with van der Waals surface area (Å²) in [6.45, 7) is 18.6. The molecule has 0 saturated carbocycles. The van der Waals surface area contributed by atoms with Crippen molar-refractivity contribution in [1.29, 1.82) is 0 Å². The highest BCUT2D eigenvalue weighted by Gasteiger charge is 2.59. The molecular formula is C52H70OP4. The van der Waals surface area contributed by atoms with Crippen LogP contribution < -0.4 is 0 Å². The highest BCUT2D eigenvalue weighted by molar-refractivity contribution is 7.67. The first-order valence-corrected chi connectivity index (χ1v) is 28.6. The van der Waals surface area contributed by atoms with Crippen LogP contribution >= 0.6 is 32.1 Å². The summed E-state index contributed by atoms with van der Waals surface area (Å²) >= 11 is 0. The van der Waals surface area contributed by atoms with E-state index < -0.39 is 16.3 Å². The summed E-state index contributed by atoms with van der Waals surface area (Å²) in [5.74, 6) is 1.40. The van der Waals surface area contributed by atoms with Crippen molar-refractivity contribution in [3.05, 3.63) is 144 Å². The Balaban J connectivity index is 1.18. The molecule has 0 amide bonds. The van der Waals surface area contributed by atoms with Crippen molar-refractivity contribution < 1.29 is 4.31 Å². The van der Waals surface area contributed by atoms with Gasteiger partial charge in [-0.2, -0.15) is 0 Å². The van der Waals surface area contributed by atoms with Crippen LogP contribution in [0.25, 0.3) is 0 Å². The van der Waals surface area contributed by atoms with E-state index in [0.717, 1.165) is 22.9 Å². The maximum atomic E-state index is 8.20. The van der Waals surface area contributed by atoms with Gasteiger partial charge < -0.3 is 4.31 Å². The quantitative estimate of drug-likeness (QED) is 0.122. The third kappa shape index (κ3) is 8.08. The summed E-state index contributed by atoms with van der Waals surface area (Å²) in [7, 11) is -1.68. The van der Waals surface area contributed by atoms with Crippen LogP contribution in [0.2, 0.25) is 0 Å². The van der Waals surface area contributed by atoms with Crippen LogP contribution in [0.1, 0.15) is 151 Å². The molecule has 0 radical (unpaired) electrons. The maximum absolute atomic E-state index is 8.20. The van der Waals surface area contributed by atoms with Crippen molar-refractivity contribution in [3.63, 3.8) is 0 Å². The Hall–Kier alpha value is -1.44. The fraction of sp³-hybridized carbons (Fsp3) is 0.538. The molecule has 4 aromatic rings. The Kier molecular flexibility index (Phi) is 13.5. The first-order chi connectivity index (χ1) is 27.7. The van der Waals surface area contributed by atoms with Gasteiger partial charge in [-0.3, -0.25) is 0 Å². The maximum Gasteiger partial charge on any atom is 0.0497 e. The van der Waals surface area contributed by atoms with E-state index in [2.05, 4.69) is 170 Å². The summed E-state index contributed by atoms with van der Waals surface area (Å²) in [5.41, 5.74) is 10.6. The van der Waals surface area contributed by atoms with Gasteiger partial charge in [-0.15, -0.1) is 0 Å². The van der Waals surface area contributed by atoms with Crippen molar-refractivity contribution in [3.8, 4) is 0 Å². The molecule has 4 aliphatic heterocycles. The standard InChI is InChI=1S/C52H70OP4/c1-8-42-31-32-43(9-2)55(42)52(6,7)51(4,5)54-36-35-44(46(54)10-3)45-37-49(40-27-19-13-20-28-40)57(50(45)41-29-21-14-22-30-41)53-56-47(38-23-15-11-16-24-38)33-34-48(56)39-25-17-12-18-26-39/h11-30,42-50H,8-10,31-37H2,1-7H3/t42-,43-,44?,45?,46-,47+,48+,49+,50-,54?,57?/m1/s1. The average Bonchev–Trinajstić information content (AvgIpc) is 4.06. The predicted molar refractivity (Wildman–Crippen MR) is 255 cm³/mol. The van der Waals surface area contributed by atoms with E-state index in [1.165, 1.54) is 80.6 Å². The molecule has 5 heteroatoms. The predicted octanol–water partition coefficient (Wildman–Crippen LogP) is 17.2. The van der Waals surface area contributed by atoms with Gasteiger partial charge in [0.25, 0.3) is 0 Å². The van der Waals surface area contributed by atoms with Crippen LogP contribution in [0.3, 0.4) is 0 Å². The van der Waals surface area contributed by atoms with E-state index in [1.807, 2.05) is 0 Å². The second-order valence-corrected chi connectivity index (χ2v) is 29.8. The Morgan fingerprint density at radius 1 is 0.491 bits per heavy atom. The molecule has 4 saturated heterocycles. The Morgan fingerprint density at radius 2 is 0.947 bits per heavy atom. The second-order valence-electron chi connectivity index (χ2n) is 18.8. The van der Waals surface area contributed by atoms with Gasteiger partial charge >= 0.3 is 0 Å². The first-order valence-electron chi connectivity index (χ1n) is 22.7. The smallest absolute Gasteiger partial charge is 0.0497 e. The molecule has 4 unspecified atom stereocenters. The van der Waals surface area contributed by atoms with E-state index in [9.17, 15) is 0 Å². The number of benzene rings is 4. The van der Waals surface area contributed by atoms with Crippen LogP contribution in [-0.2, 0) is 4.31 Å².